The minimum absolute atomic E-state index is 0.000347. The smallest absolute Gasteiger partial charge is 0.462 e. The molecule has 0 aliphatic rings. The van der Waals surface area contributed by atoms with Gasteiger partial charge in [0.15, 0.2) is 6.10 Å². The van der Waals surface area contributed by atoms with Crippen LogP contribution in [0.3, 0.4) is 0 Å². The summed E-state index contributed by atoms with van der Waals surface area (Å²) < 4.78 is 32.5. The number of carbonyl (C=O) groups is 2. The zero-order valence-corrected chi connectivity index (χ0v) is 32.0. The molecule has 282 valence electrons. The first-order valence-corrected chi connectivity index (χ1v) is 21.1. The van der Waals surface area contributed by atoms with Crippen LogP contribution in [0.4, 0.5) is 0 Å². The van der Waals surface area contributed by atoms with Crippen LogP contribution in [0.15, 0.2) is 24.3 Å². The molecule has 0 spiro atoms. The van der Waals surface area contributed by atoms with Crippen molar-refractivity contribution in [3.05, 3.63) is 24.3 Å². The molecule has 0 radical (unpaired) electrons. The molecule has 0 aromatic heterocycles. The predicted octanol–water partition coefficient (Wildman–Crippen LogP) is 11.9. The Morgan fingerprint density at radius 2 is 1.00 bits per heavy atom. The second-order valence-corrected chi connectivity index (χ2v) is 14.4. The van der Waals surface area contributed by atoms with E-state index in [1.54, 1.807) is 6.92 Å². The van der Waals surface area contributed by atoms with E-state index in [1.807, 2.05) is 0 Å². The number of esters is 2. The Kier molecular flexibility index (Phi) is 34.3. The van der Waals surface area contributed by atoms with Gasteiger partial charge in [-0.15, -0.1) is 0 Å². The van der Waals surface area contributed by atoms with Crippen molar-refractivity contribution in [2.75, 3.05) is 19.8 Å². The second kappa shape index (κ2) is 35.4. The predicted molar refractivity (Wildman–Crippen MR) is 198 cm³/mol. The third-order valence-corrected chi connectivity index (χ3v) is 9.32. The molecule has 0 bridgehead atoms. The minimum atomic E-state index is -4.27. The van der Waals surface area contributed by atoms with Gasteiger partial charge in [0.25, 0.3) is 0 Å². The monoisotopic (exact) mass is 701 g/mol. The van der Waals surface area contributed by atoms with Gasteiger partial charge in [0.2, 0.25) is 0 Å². The van der Waals surface area contributed by atoms with Crippen molar-refractivity contribution in [3.63, 3.8) is 0 Å². The molecular formula is C39H73O8P. The normalized spacial score (nSPS) is 13.7. The molecule has 0 aromatic rings. The van der Waals surface area contributed by atoms with E-state index >= 15 is 0 Å². The standard InChI is InChI=1S/C39H73O8P/c1-4-7-9-11-13-15-17-18-19-20-21-22-24-26-28-30-32-34-39(41)47-37(36-46-48(42,43)45-6-3)35-44-38(40)33-31-29-27-25-23-16-14-12-10-8-5-2/h13,15,18-19,37H,4-12,14,16-17,20-36H2,1-3H3,(H,42,43)/b15-13-,19-18-. The Hall–Kier alpha value is -1.47. The zero-order chi connectivity index (χ0) is 35.4. The van der Waals surface area contributed by atoms with Gasteiger partial charge < -0.3 is 14.4 Å². The molecule has 9 heteroatoms. The first kappa shape index (κ1) is 46.5. The largest absolute Gasteiger partial charge is 0.472 e. The van der Waals surface area contributed by atoms with Crippen molar-refractivity contribution >= 4 is 19.8 Å². The van der Waals surface area contributed by atoms with E-state index in [0.29, 0.717) is 12.8 Å². The summed E-state index contributed by atoms with van der Waals surface area (Å²) in [4.78, 5) is 34.6. The lowest BCUT2D eigenvalue weighted by atomic mass is 10.1. The molecule has 0 amide bonds. The van der Waals surface area contributed by atoms with Gasteiger partial charge in [-0.3, -0.25) is 18.6 Å². The summed E-state index contributed by atoms with van der Waals surface area (Å²) in [5.41, 5.74) is 0. The topological polar surface area (TPSA) is 108 Å². The van der Waals surface area contributed by atoms with Gasteiger partial charge in [0.1, 0.15) is 6.61 Å². The van der Waals surface area contributed by atoms with Crippen molar-refractivity contribution in [1.82, 2.24) is 0 Å². The van der Waals surface area contributed by atoms with Crippen LogP contribution in [-0.4, -0.2) is 42.8 Å². The summed E-state index contributed by atoms with van der Waals surface area (Å²) in [7, 11) is -4.27. The van der Waals surface area contributed by atoms with Crippen LogP contribution < -0.4 is 0 Å². The third-order valence-electron chi connectivity index (χ3n) is 8.26. The van der Waals surface area contributed by atoms with E-state index < -0.39 is 26.5 Å². The fraction of sp³-hybridized carbons (Fsp3) is 0.846. The van der Waals surface area contributed by atoms with Gasteiger partial charge in [0.05, 0.1) is 13.2 Å². The van der Waals surface area contributed by atoms with Crippen LogP contribution in [0.5, 0.6) is 0 Å². The van der Waals surface area contributed by atoms with Gasteiger partial charge in [-0.05, 0) is 51.9 Å². The Labute approximate surface area is 294 Å². The van der Waals surface area contributed by atoms with E-state index in [0.717, 1.165) is 51.4 Å². The van der Waals surface area contributed by atoms with Crippen molar-refractivity contribution < 1.29 is 37.6 Å². The number of rotatable bonds is 36. The highest BCUT2D eigenvalue weighted by Gasteiger charge is 2.25. The first-order chi connectivity index (χ1) is 23.3. The van der Waals surface area contributed by atoms with Crippen LogP contribution in [-0.2, 0) is 32.7 Å². The molecule has 0 aliphatic heterocycles. The van der Waals surface area contributed by atoms with Crippen LogP contribution >= 0.6 is 7.82 Å². The molecule has 0 aliphatic carbocycles. The average Bonchev–Trinajstić information content (AvgIpc) is 3.06. The van der Waals surface area contributed by atoms with E-state index in [9.17, 15) is 19.0 Å². The lowest BCUT2D eigenvalue weighted by Crippen LogP contribution is -2.29. The van der Waals surface area contributed by atoms with E-state index in [2.05, 4.69) is 38.2 Å². The minimum Gasteiger partial charge on any atom is -0.462 e. The SMILES string of the molecule is CCCCC/C=C\C/C=C\CCCCCCCCCC(=O)OC(COC(=O)CCCCCCCCCCCCC)COP(=O)(O)OCC. The second-order valence-electron chi connectivity index (χ2n) is 13.0. The number of phosphoric acid groups is 1. The van der Waals surface area contributed by atoms with Gasteiger partial charge in [-0.2, -0.15) is 0 Å². The van der Waals surface area contributed by atoms with Gasteiger partial charge in [-0.25, -0.2) is 4.57 Å². The number of carbonyl (C=O) groups excluding carboxylic acids is 2. The maximum Gasteiger partial charge on any atom is 0.472 e. The molecule has 0 aromatic carbocycles. The summed E-state index contributed by atoms with van der Waals surface area (Å²) in [5.74, 6) is -0.804. The molecule has 0 heterocycles. The van der Waals surface area contributed by atoms with E-state index in [-0.39, 0.29) is 25.6 Å². The number of phosphoric ester groups is 1. The molecule has 2 atom stereocenters. The molecule has 0 saturated heterocycles. The third kappa shape index (κ3) is 34.4. The molecule has 0 fully saturated rings. The molecule has 1 N–H and O–H groups in total. The Balaban J connectivity index is 4.13. The number of allylic oxidation sites excluding steroid dienone is 4. The maximum atomic E-state index is 12.5. The fourth-order valence-electron chi connectivity index (χ4n) is 5.36. The van der Waals surface area contributed by atoms with Gasteiger partial charge in [-0.1, -0.05) is 147 Å². The Morgan fingerprint density at radius 3 is 1.52 bits per heavy atom. The van der Waals surface area contributed by atoms with E-state index in [4.69, 9.17) is 18.5 Å². The number of unbranched alkanes of at least 4 members (excludes halogenated alkanes) is 20. The number of hydrogen-bond donors (Lipinski definition) is 1. The number of hydrogen-bond acceptors (Lipinski definition) is 7. The van der Waals surface area contributed by atoms with Gasteiger partial charge >= 0.3 is 19.8 Å². The summed E-state index contributed by atoms with van der Waals surface area (Å²) in [6.45, 7) is 5.43. The van der Waals surface area contributed by atoms with Crippen LogP contribution in [0.1, 0.15) is 188 Å². The van der Waals surface area contributed by atoms with Crippen LogP contribution in [0.2, 0.25) is 0 Å². The first-order valence-electron chi connectivity index (χ1n) is 19.6. The fourth-order valence-corrected chi connectivity index (χ4v) is 6.12. The van der Waals surface area contributed by atoms with Crippen LogP contribution in [0, 0.1) is 0 Å². The van der Waals surface area contributed by atoms with Crippen molar-refractivity contribution in [3.8, 4) is 0 Å². The van der Waals surface area contributed by atoms with E-state index in [1.165, 1.54) is 96.3 Å². The van der Waals surface area contributed by atoms with Crippen molar-refractivity contribution in [2.45, 2.75) is 194 Å². The lowest BCUT2D eigenvalue weighted by Gasteiger charge is -2.19. The van der Waals surface area contributed by atoms with Crippen LogP contribution in [0.25, 0.3) is 0 Å². The molecule has 2 unspecified atom stereocenters. The number of ether oxygens (including phenoxy) is 2. The molecular weight excluding hydrogens is 627 g/mol. The molecule has 48 heavy (non-hydrogen) atoms. The Bertz CT molecular complexity index is 844. The van der Waals surface area contributed by atoms with Crippen molar-refractivity contribution in [1.29, 1.82) is 0 Å². The highest BCUT2D eigenvalue weighted by molar-refractivity contribution is 7.47. The highest BCUT2D eigenvalue weighted by Crippen LogP contribution is 2.43. The van der Waals surface area contributed by atoms with Crippen molar-refractivity contribution in [2.24, 2.45) is 0 Å². The highest BCUT2D eigenvalue weighted by atomic mass is 31.2. The molecule has 0 saturated carbocycles. The Morgan fingerprint density at radius 1 is 0.562 bits per heavy atom. The molecule has 8 nitrogen and oxygen atoms in total. The average molecular weight is 701 g/mol. The lowest BCUT2D eigenvalue weighted by molar-refractivity contribution is -0.161. The summed E-state index contributed by atoms with van der Waals surface area (Å²) in [6.07, 6.45) is 36.5. The summed E-state index contributed by atoms with van der Waals surface area (Å²) in [5, 5.41) is 0. The zero-order valence-electron chi connectivity index (χ0n) is 31.1. The van der Waals surface area contributed by atoms with Gasteiger partial charge in [0, 0.05) is 12.8 Å². The molecule has 0 rings (SSSR count). The summed E-state index contributed by atoms with van der Waals surface area (Å²) in [6, 6.07) is 0. The summed E-state index contributed by atoms with van der Waals surface area (Å²) >= 11 is 0. The maximum absolute atomic E-state index is 12.5. The quantitative estimate of drug-likeness (QED) is 0.0298.